The van der Waals surface area contributed by atoms with Crippen LogP contribution in [0.15, 0.2) is 29.2 Å². The Morgan fingerprint density at radius 1 is 1.33 bits per heavy atom. The van der Waals surface area contributed by atoms with Crippen LogP contribution in [-0.2, 0) is 9.53 Å². The molecule has 0 bridgehead atoms. The lowest BCUT2D eigenvalue weighted by Gasteiger charge is -2.23. The molecular formula is C14H18F2N2O2S. The second-order valence-corrected chi connectivity index (χ2v) is 5.71. The maximum absolute atomic E-state index is 12.5. The van der Waals surface area contributed by atoms with E-state index in [0.717, 1.165) is 12.8 Å². The van der Waals surface area contributed by atoms with Crippen LogP contribution in [0.2, 0.25) is 0 Å². The number of carbonyl (C=O) groups is 1. The summed E-state index contributed by atoms with van der Waals surface area (Å²) < 4.78 is 30.1. The van der Waals surface area contributed by atoms with E-state index in [1.54, 1.807) is 24.3 Å². The highest BCUT2D eigenvalue weighted by Gasteiger charge is 2.16. The maximum Gasteiger partial charge on any atom is 0.288 e. The lowest BCUT2D eigenvalue weighted by molar-refractivity contribution is -0.120. The molecule has 1 heterocycles. The molecule has 1 aliphatic rings. The molecule has 1 amide bonds. The van der Waals surface area contributed by atoms with Gasteiger partial charge >= 0.3 is 0 Å². The number of hydrogen-bond donors (Lipinski definition) is 2. The molecule has 1 fully saturated rings. The zero-order valence-electron chi connectivity index (χ0n) is 11.5. The van der Waals surface area contributed by atoms with Crippen molar-refractivity contribution < 1.29 is 18.3 Å². The van der Waals surface area contributed by atoms with Crippen molar-refractivity contribution in [1.82, 2.24) is 5.32 Å². The first-order valence-electron chi connectivity index (χ1n) is 6.80. The van der Waals surface area contributed by atoms with Crippen LogP contribution in [-0.4, -0.2) is 37.5 Å². The number of para-hydroxylation sites is 1. The van der Waals surface area contributed by atoms with Gasteiger partial charge in [0.05, 0.1) is 6.54 Å². The van der Waals surface area contributed by atoms with Crippen molar-refractivity contribution in [2.45, 2.75) is 29.5 Å². The fraction of sp³-hybridized carbons (Fsp3) is 0.500. The zero-order valence-corrected chi connectivity index (χ0v) is 12.3. The van der Waals surface area contributed by atoms with Crippen molar-refractivity contribution in [2.75, 3.05) is 25.1 Å². The average Bonchev–Trinajstić information content (AvgIpc) is 2.47. The van der Waals surface area contributed by atoms with Crippen LogP contribution < -0.4 is 10.6 Å². The first-order valence-corrected chi connectivity index (χ1v) is 7.68. The molecule has 116 valence electrons. The van der Waals surface area contributed by atoms with Gasteiger partial charge in [-0.05, 0) is 25.0 Å². The number of thioether (sulfide) groups is 1. The van der Waals surface area contributed by atoms with Crippen molar-refractivity contribution in [1.29, 1.82) is 0 Å². The summed E-state index contributed by atoms with van der Waals surface area (Å²) in [6.07, 6.45) is 1.62. The molecule has 21 heavy (non-hydrogen) atoms. The third kappa shape index (κ3) is 5.51. The van der Waals surface area contributed by atoms with Crippen molar-refractivity contribution in [3.05, 3.63) is 24.3 Å². The highest BCUT2D eigenvalue weighted by Crippen LogP contribution is 2.31. The molecule has 1 aliphatic heterocycles. The van der Waals surface area contributed by atoms with Crippen LogP contribution in [0.4, 0.5) is 14.5 Å². The molecule has 4 nitrogen and oxygen atoms in total. The number of amides is 1. The summed E-state index contributed by atoms with van der Waals surface area (Å²) in [4.78, 5) is 12.3. The molecule has 0 aliphatic carbocycles. The van der Waals surface area contributed by atoms with E-state index in [4.69, 9.17) is 4.74 Å². The quantitative estimate of drug-likeness (QED) is 0.792. The molecular weight excluding hydrogens is 298 g/mol. The van der Waals surface area contributed by atoms with Gasteiger partial charge in [0, 0.05) is 29.8 Å². The van der Waals surface area contributed by atoms with Gasteiger partial charge in [-0.2, -0.15) is 8.78 Å². The molecule has 1 saturated heterocycles. The van der Waals surface area contributed by atoms with Gasteiger partial charge in [0.1, 0.15) is 0 Å². The van der Waals surface area contributed by atoms with Gasteiger partial charge < -0.3 is 15.4 Å². The van der Waals surface area contributed by atoms with Gasteiger partial charge in [-0.1, -0.05) is 23.9 Å². The molecule has 0 radical (unpaired) electrons. The molecule has 2 N–H and O–H groups in total. The van der Waals surface area contributed by atoms with E-state index in [9.17, 15) is 13.6 Å². The molecule has 1 aromatic rings. The monoisotopic (exact) mass is 316 g/mol. The number of ether oxygens (including phenoxy) is 1. The van der Waals surface area contributed by atoms with Gasteiger partial charge in [0.15, 0.2) is 0 Å². The SMILES string of the molecule is O=C(CNc1ccccc1SC(F)F)NC1CCOCC1. The number of benzene rings is 1. The second-order valence-electron chi connectivity index (χ2n) is 4.68. The number of carbonyl (C=O) groups excluding carboxylic acids is 1. The van der Waals surface area contributed by atoms with E-state index in [0.29, 0.717) is 35.6 Å². The highest BCUT2D eigenvalue weighted by molar-refractivity contribution is 7.99. The first kappa shape index (κ1) is 16.0. The van der Waals surface area contributed by atoms with E-state index in [1.807, 2.05) is 0 Å². The van der Waals surface area contributed by atoms with Crippen molar-refractivity contribution in [2.24, 2.45) is 0 Å². The largest absolute Gasteiger partial charge is 0.381 e. The Bertz CT molecular complexity index is 468. The van der Waals surface area contributed by atoms with Crippen molar-refractivity contribution in [3.63, 3.8) is 0 Å². The third-order valence-corrected chi connectivity index (χ3v) is 3.92. The number of nitrogens with one attached hydrogen (secondary N) is 2. The van der Waals surface area contributed by atoms with E-state index in [2.05, 4.69) is 10.6 Å². The standard InChI is InChI=1S/C14H18F2N2O2S/c15-14(16)21-12-4-2-1-3-11(12)17-9-13(19)18-10-5-7-20-8-6-10/h1-4,10,14,17H,5-9H2,(H,18,19). The van der Waals surface area contributed by atoms with Crippen LogP contribution in [0.1, 0.15) is 12.8 Å². The predicted molar refractivity (Wildman–Crippen MR) is 78.8 cm³/mol. The molecule has 2 rings (SSSR count). The number of hydrogen-bond acceptors (Lipinski definition) is 4. The van der Waals surface area contributed by atoms with E-state index < -0.39 is 5.76 Å². The summed E-state index contributed by atoms with van der Waals surface area (Å²) in [5.41, 5.74) is 0.546. The Labute approximate surface area is 126 Å². The summed E-state index contributed by atoms with van der Waals surface area (Å²) in [5.74, 6) is -2.62. The van der Waals surface area contributed by atoms with Crippen LogP contribution in [0, 0.1) is 0 Å². The van der Waals surface area contributed by atoms with Gasteiger partial charge in [-0.3, -0.25) is 4.79 Å². The molecule has 0 atom stereocenters. The second kappa shape index (κ2) is 8.19. The minimum Gasteiger partial charge on any atom is -0.381 e. The maximum atomic E-state index is 12.5. The van der Waals surface area contributed by atoms with E-state index >= 15 is 0 Å². The molecule has 0 spiro atoms. The van der Waals surface area contributed by atoms with Gasteiger partial charge in [0.25, 0.3) is 5.76 Å². The topological polar surface area (TPSA) is 50.4 Å². The molecule has 0 saturated carbocycles. The number of halogens is 2. The average molecular weight is 316 g/mol. The fourth-order valence-electron chi connectivity index (χ4n) is 2.11. The Kier molecular flexibility index (Phi) is 6.25. The van der Waals surface area contributed by atoms with Gasteiger partial charge in [-0.15, -0.1) is 0 Å². The summed E-state index contributed by atoms with van der Waals surface area (Å²) >= 11 is 0.468. The third-order valence-electron chi connectivity index (χ3n) is 3.13. The lowest BCUT2D eigenvalue weighted by atomic mass is 10.1. The van der Waals surface area contributed by atoms with E-state index in [1.165, 1.54) is 0 Å². The van der Waals surface area contributed by atoms with Gasteiger partial charge in [-0.25, -0.2) is 0 Å². The Morgan fingerprint density at radius 3 is 2.76 bits per heavy atom. The normalized spacial score (nSPS) is 16.0. The summed E-state index contributed by atoms with van der Waals surface area (Å²) in [5, 5.41) is 5.82. The van der Waals surface area contributed by atoms with Crippen LogP contribution in [0.25, 0.3) is 0 Å². The number of anilines is 1. The van der Waals surface area contributed by atoms with Crippen LogP contribution in [0.3, 0.4) is 0 Å². The molecule has 0 unspecified atom stereocenters. The Hall–Kier alpha value is -1.34. The predicted octanol–water partition coefficient (Wildman–Crippen LogP) is 2.71. The summed E-state index contributed by atoms with van der Waals surface area (Å²) in [6.45, 7) is 1.39. The smallest absolute Gasteiger partial charge is 0.288 e. The highest BCUT2D eigenvalue weighted by atomic mass is 32.2. The summed E-state index contributed by atoms with van der Waals surface area (Å²) in [6, 6.07) is 6.87. The van der Waals surface area contributed by atoms with Gasteiger partial charge in [0.2, 0.25) is 5.91 Å². The van der Waals surface area contributed by atoms with E-state index in [-0.39, 0.29) is 18.5 Å². The number of alkyl halides is 2. The number of rotatable bonds is 6. The molecule has 0 aromatic heterocycles. The minimum atomic E-state index is -2.48. The van der Waals surface area contributed by atoms with Crippen molar-refractivity contribution >= 4 is 23.4 Å². The first-order chi connectivity index (χ1) is 10.1. The Morgan fingerprint density at radius 2 is 2.05 bits per heavy atom. The summed E-state index contributed by atoms with van der Waals surface area (Å²) in [7, 11) is 0. The van der Waals surface area contributed by atoms with Crippen LogP contribution in [0.5, 0.6) is 0 Å². The lowest BCUT2D eigenvalue weighted by Crippen LogP contribution is -2.41. The zero-order chi connectivity index (χ0) is 15.1. The Balaban J connectivity index is 1.83. The fourth-order valence-corrected chi connectivity index (χ4v) is 2.72. The van der Waals surface area contributed by atoms with Crippen LogP contribution >= 0.6 is 11.8 Å². The minimum absolute atomic E-state index is 0.0676. The molecule has 7 heteroatoms. The van der Waals surface area contributed by atoms with Crippen molar-refractivity contribution in [3.8, 4) is 0 Å². The molecule has 1 aromatic carbocycles.